The number of aromatic nitrogens is 2. The summed E-state index contributed by atoms with van der Waals surface area (Å²) >= 11 is 0. The Labute approximate surface area is 189 Å². The predicted molar refractivity (Wildman–Crippen MR) is 114 cm³/mol. The monoisotopic (exact) mass is 456 g/mol. The third-order valence-electron chi connectivity index (χ3n) is 5.33. The van der Waals surface area contributed by atoms with Gasteiger partial charge < -0.3 is 20.0 Å². The first-order valence-corrected chi connectivity index (χ1v) is 10.3. The van der Waals surface area contributed by atoms with Crippen LogP contribution in [0, 0.1) is 16.8 Å². The molecule has 172 valence electrons. The Morgan fingerprint density at radius 3 is 2.76 bits per heavy atom. The highest BCUT2D eigenvalue weighted by Crippen LogP contribution is 2.26. The Bertz CT molecular complexity index is 1110. The zero-order valence-electron chi connectivity index (χ0n) is 17.8. The van der Waals surface area contributed by atoms with Crippen LogP contribution in [-0.4, -0.2) is 41.5 Å². The van der Waals surface area contributed by atoms with E-state index in [1.54, 1.807) is 19.1 Å². The number of amides is 1. The molecule has 1 aromatic carbocycles. The molecule has 0 spiro atoms. The van der Waals surface area contributed by atoms with Gasteiger partial charge in [-0.1, -0.05) is 0 Å². The number of morpholine rings is 1. The van der Waals surface area contributed by atoms with Crippen molar-refractivity contribution in [3.8, 4) is 11.5 Å². The van der Waals surface area contributed by atoms with Gasteiger partial charge in [-0.25, -0.2) is 13.8 Å². The van der Waals surface area contributed by atoms with Gasteiger partial charge in [0.15, 0.2) is 24.0 Å². The fraction of sp³-hybridized carbons (Fsp3) is 0.261. The Hall–Kier alpha value is -3.63. The number of pyridine rings is 2. The molecule has 0 radical (unpaired) electrons. The number of carbonyl (C=O) groups is 1. The molecule has 1 aliphatic rings. The third-order valence-corrected chi connectivity index (χ3v) is 5.33. The minimum absolute atomic E-state index is 0.131. The predicted octanol–water partition coefficient (Wildman–Crippen LogP) is 3.19. The maximum Gasteiger partial charge on any atom is 0.242 e. The standard InChI is InChI=1S/C23H22F2N4O4/c1-15(28-10-11-32-21(14-28)16-6-8-29(31)9-7-16)23(30)27-22-5-3-18(13-26-22)33-20-4-2-17(24)12-19(20)25/h2-9,12-13,15,21H,10-11,14H2,1H3,(H,26,27,30)/t15-,21+/m0/s1. The highest BCUT2D eigenvalue weighted by Gasteiger charge is 2.29. The number of rotatable bonds is 6. The summed E-state index contributed by atoms with van der Waals surface area (Å²) in [7, 11) is 0. The minimum Gasteiger partial charge on any atom is -0.619 e. The van der Waals surface area contributed by atoms with Crippen molar-refractivity contribution in [1.29, 1.82) is 0 Å². The average molecular weight is 456 g/mol. The normalized spacial score (nSPS) is 17.4. The lowest BCUT2D eigenvalue weighted by Crippen LogP contribution is -2.48. The number of anilines is 1. The van der Waals surface area contributed by atoms with E-state index in [2.05, 4.69) is 10.3 Å². The summed E-state index contributed by atoms with van der Waals surface area (Å²) in [4.78, 5) is 18.9. The summed E-state index contributed by atoms with van der Waals surface area (Å²) < 4.78 is 38.6. The van der Waals surface area contributed by atoms with E-state index in [9.17, 15) is 18.8 Å². The van der Waals surface area contributed by atoms with Crippen LogP contribution in [0.5, 0.6) is 11.5 Å². The minimum atomic E-state index is -0.826. The molecule has 0 bridgehead atoms. The van der Waals surface area contributed by atoms with Crippen LogP contribution in [0.2, 0.25) is 0 Å². The van der Waals surface area contributed by atoms with Gasteiger partial charge in [0.2, 0.25) is 5.91 Å². The Morgan fingerprint density at radius 1 is 1.27 bits per heavy atom. The maximum absolute atomic E-state index is 13.7. The molecule has 0 unspecified atom stereocenters. The van der Waals surface area contributed by atoms with Crippen molar-refractivity contribution in [2.24, 2.45) is 0 Å². The molecule has 1 amide bonds. The molecule has 1 aliphatic heterocycles. The number of hydrogen-bond donors (Lipinski definition) is 1. The number of nitrogens with one attached hydrogen (secondary N) is 1. The van der Waals surface area contributed by atoms with Gasteiger partial charge in [-0.2, -0.15) is 4.73 Å². The summed E-state index contributed by atoms with van der Waals surface area (Å²) in [5.74, 6) is -1.35. The average Bonchev–Trinajstić information content (AvgIpc) is 2.82. The van der Waals surface area contributed by atoms with Gasteiger partial charge in [0.1, 0.15) is 17.4 Å². The van der Waals surface area contributed by atoms with E-state index in [-0.39, 0.29) is 23.5 Å². The zero-order valence-corrected chi connectivity index (χ0v) is 17.8. The fourth-order valence-electron chi connectivity index (χ4n) is 3.46. The second-order valence-corrected chi connectivity index (χ2v) is 7.57. The van der Waals surface area contributed by atoms with Crippen molar-refractivity contribution in [2.75, 3.05) is 25.0 Å². The Morgan fingerprint density at radius 2 is 2.06 bits per heavy atom. The first-order valence-electron chi connectivity index (χ1n) is 10.3. The number of benzene rings is 1. The highest BCUT2D eigenvalue weighted by molar-refractivity contribution is 5.93. The molecule has 0 saturated carbocycles. The van der Waals surface area contributed by atoms with Crippen LogP contribution in [0.1, 0.15) is 18.6 Å². The molecule has 1 saturated heterocycles. The topological polar surface area (TPSA) is 90.6 Å². The second kappa shape index (κ2) is 9.88. The molecule has 0 aliphatic carbocycles. The first kappa shape index (κ1) is 22.6. The summed E-state index contributed by atoms with van der Waals surface area (Å²) in [6.45, 7) is 3.34. The molecule has 1 fully saturated rings. The van der Waals surface area contributed by atoms with Gasteiger partial charge >= 0.3 is 0 Å². The number of nitrogens with zero attached hydrogens (tertiary/aromatic N) is 3. The Balaban J connectivity index is 1.34. The molecule has 1 N–H and O–H groups in total. The number of ether oxygens (including phenoxy) is 2. The van der Waals surface area contributed by atoms with Gasteiger partial charge in [-0.15, -0.1) is 0 Å². The van der Waals surface area contributed by atoms with Crippen LogP contribution in [0.4, 0.5) is 14.6 Å². The summed E-state index contributed by atoms with van der Waals surface area (Å²) in [6, 6.07) is 9.03. The van der Waals surface area contributed by atoms with E-state index >= 15 is 0 Å². The summed E-state index contributed by atoms with van der Waals surface area (Å²) in [5, 5.41) is 14.0. The van der Waals surface area contributed by atoms with Crippen molar-refractivity contribution in [1.82, 2.24) is 9.88 Å². The highest BCUT2D eigenvalue weighted by atomic mass is 19.1. The first-order chi connectivity index (χ1) is 15.9. The van der Waals surface area contributed by atoms with Gasteiger partial charge in [0, 0.05) is 31.3 Å². The number of hydrogen-bond acceptors (Lipinski definition) is 6. The molecular formula is C23H22F2N4O4. The van der Waals surface area contributed by atoms with Gasteiger partial charge in [-0.05, 0) is 36.8 Å². The SMILES string of the molecule is C[C@@H](C(=O)Nc1ccc(Oc2ccc(F)cc2F)cn1)N1CCO[C@@H](c2cc[n+]([O-])cc2)C1. The molecule has 2 aromatic heterocycles. The summed E-state index contributed by atoms with van der Waals surface area (Å²) in [5.41, 5.74) is 0.870. The van der Waals surface area contributed by atoms with E-state index in [0.717, 1.165) is 17.7 Å². The Kier molecular flexibility index (Phi) is 6.76. The van der Waals surface area contributed by atoms with Crippen LogP contribution in [-0.2, 0) is 9.53 Å². The smallest absolute Gasteiger partial charge is 0.242 e. The van der Waals surface area contributed by atoms with Crippen LogP contribution in [0.15, 0.2) is 61.1 Å². The van der Waals surface area contributed by atoms with Crippen LogP contribution in [0.3, 0.4) is 0 Å². The van der Waals surface area contributed by atoms with Gasteiger partial charge in [0.25, 0.3) is 0 Å². The lowest BCUT2D eigenvalue weighted by molar-refractivity contribution is -0.605. The lowest BCUT2D eigenvalue weighted by atomic mass is 10.1. The van der Waals surface area contributed by atoms with Crippen molar-refractivity contribution in [3.63, 3.8) is 0 Å². The molecule has 8 nitrogen and oxygen atoms in total. The van der Waals surface area contributed by atoms with Crippen molar-refractivity contribution >= 4 is 11.7 Å². The van der Waals surface area contributed by atoms with E-state index in [0.29, 0.717) is 30.2 Å². The molecule has 3 aromatic rings. The molecule has 10 heteroatoms. The summed E-state index contributed by atoms with van der Waals surface area (Å²) in [6.07, 6.45) is 3.93. The van der Waals surface area contributed by atoms with Crippen molar-refractivity contribution in [2.45, 2.75) is 19.1 Å². The van der Waals surface area contributed by atoms with Gasteiger partial charge in [0.05, 0.1) is 24.9 Å². The largest absolute Gasteiger partial charge is 0.619 e. The zero-order chi connectivity index (χ0) is 23.4. The molecule has 2 atom stereocenters. The van der Waals surface area contributed by atoms with Crippen molar-refractivity contribution in [3.05, 3.63) is 83.5 Å². The van der Waals surface area contributed by atoms with Crippen LogP contribution in [0.25, 0.3) is 0 Å². The third kappa shape index (κ3) is 5.60. The van der Waals surface area contributed by atoms with Crippen LogP contribution < -0.4 is 14.8 Å². The number of halogens is 2. The van der Waals surface area contributed by atoms with E-state index in [4.69, 9.17) is 9.47 Å². The van der Waals surface area contributed by atoms with E-state index < -0.39 is 17.7 Å². The lowest BCUT2D eigenvalue weighted by Gasteiger charge is -2.36. The molecular weight excluding hydrogens is 434 g/mol. The van der Waals surface area contributed by atoms with Gasteiger partial charge in [-0.3, -0.25) is 9.69 Å². The second-order valence-electron chi connectivity index (χ2n) is 7.57. The van der Waals surface area contributed by atoms with E-state index in [1.807, 2.05) is 4.90 Å². The quantitative estimate of drug-likeness (QED) is 0.453. The van der Waals surface area contributed by atoms with Crippen LogP contribution >= 0.6 is 0 Å². The molecule has 3 heterocycles. The van der Waals surface area contributed by atoms with E-state index in [1.165, 1.54) is 36.8 Å². The molecule has 4 rings (SSSR count). The van der Waals surface area contributed by atoms with Crippen molar-refractivity contribution < 1.29 is 27.8 Å². The molecule has 33 heavy (non-hydrogen) atoms. The fourth-order valence-corrected chi connectivity index (χ4v) is 3.46. The maximum atomic E-state index is 13.7. The number of carbonyl (C=O) groups excluding carboxylic acids is 1.